The van der Waals surface area contributed by atoms with Crippen molar-refractivity contribution in [1.82, 2.24) is 9.62 Å². The number of carbonyl (C=O) groups is 1. The first-order chi connectivity index (χ1) is 14.4. The number of hydrogen-bond acceptors (Lipinski definition) is 3. The first-order valence-electron chi connectivity index (χ1n) is 9.94. The van der Waals surface area contributed by atoms with Crippen molar-refractivity contribution in [3.8, 4) is 0 Å². The number of piperidine rings is 1. The van der Waals surface area contributed by atoms with Crippen molar-refractivity contribution in [2.24, 2.45) is 5.92 Å². The van der Waals surface area contributed by atoms with E-state index in [0.29, 0.717) is 31.0 Å². The second-order valence-electron chi connectivity index (χ2n) is 7.56. The van der Waals surface area contributed by atoms with Gasteiger partial charge in [0.25, 0.3) is 0 Å². The van der Waals surface area contributed by atoms with Crippen LogP contribution in [0.4, 0.5) is 0 Å². The lowest BCUT2D eigenvalue weighted by atomic mass is 9.99. The highest BCUT2D eigenvalue weighted by Gasteiger charge is 2.33. The van der Waals surface area contributed by atoms with E-state index in [2.05, 4.69) is 5.32 Å². The second kappa shape index (κ2) is 8.76. The third-order valence-corrected chi connectivity index (χ3v) is 7.61. The molecule has 0 aliphatic carbocycles. The molecule has 1 aliphatic heterocycles. The van der Waals surface area contributed by atoms with E-state index >= 15 is 0 Å². The summed E-state index contributed by atoms with van der Waals surface area (Å²) in [6, 6.07) is 20.1. The highest BCUT2D eigenvalue weighted by molar-refractivity contribution is 7.89. The average molecular weight is 443 g/mol. The zero-order valence-electron chi connectivity index (χ0n) is 16.4. The van der Waals surface area contributed by atoms with Gasteiger partial charge >= 0.3 is 0 Å². The quantitative estimate of drug-likeness (QED) is 0.643. The molecule has 7 heteroatoms. The van der Waals surface area contributed by atoms with Crippen LogP contribution in [0.25, 0.3) is 10.8 Å². The summed E-state index contributed by atoms with van der Waals surface area (Å²) >= 11 is 5.89. The van der Waals surface area contributed by atoms with Crippen LogP contribution in [0.15, 0.2) is 71.6 Å². The van der Waals surface area contributed by atoms with Crippen molar-refractivity contribution in [2.45, 2.75) is 24.3 Å². The van der Waals surface area contributed by atoms with E-state index in [4.69, 9.17) is 11.6 Å². The number of sulfonamides is 1. The monoisotopic (exact) mass is 442 g/mol. The Kier molecular flexibility index (Phi) is 6.09. The molecule has 5 nitrogen and oxygen atoms in total. The van der Waals surface area contributed by atoms with Gasteiger partial charge in [-0.3, -0.25) is 4.79 Å². The molecule has 0 radical (unpaired) electrons. The predicted octanol–water partition coefficient (Wildman–Crippen LogP) is 4.21. The third kappa shape index (κ3) is 4.51. The Morgan fingerprint density at radius 2 is 1.77 bits per heavy atom. The molecular weight excluding hydrogens is 420 g/mol. The normalized spacial score (nSPS) is 17.7. The standard InChI is InChI=1S/C23H23ClN2O3S/c24-21-10-7-17(8-11-21)15-25-23(27)20-6-3-13-26(16-20)30(28,29)22-12-9-18-4-1-2-5-19(18)14-22/h1-2,4-5,7-12,14,20H,3,6,13,15-16H2,(H,25,27)/t20-/m1/s1. The molecule has 1 aliphatic rings. The fourth-order valence-electron chi connectivity index (χ4n) is 3.79. The topological polar surface area (TPSA) is 66.5 Å². The van der Waals surface area contributed by atoms with Gasteiger partial charge in [0.05, 0.1) is 10.8 Å². The minimum absolute atomic E-state index is 0.122. The number of rotatable bonds is 5. The number of nitrogens with one attached hydrogen (secondary N) is 1. The van der Waals surface area contributed by atoms with Crippen LogP contribution in [0.5, 0.6) is 0 Å². The van der Waals surface area contributed by atoms with Gasteiger partial charge in [-0.1, -0.05) is 54.1 Å². The van der Waals surface area contributed by atoms with Gasteiger partial charge in [-0.05, 0) is 53.4 Å². The molecular formula is C23H23ClN2O3S. The fraction of sp³-hybridized carbons (Fsp3) is 0.261. The Bertz CT molecular complexity index is 1160. The maximum atomic E-state index is 13.2. The van der Waals surface area contributed by atoms with Gasteiger partial charge in [0.2, 0.25) is 15.9 Å². The molecule has 3 aromatic rings. The lowest BCUT2D eigenvalue weighted by molar-refractivity contribution is -0.126. The van der Waals surface area contributed by atoms with Gasteiger partial charge in [0, 0.05) is 24.7 Å². The molecule has 0 aromatic heterocycles. The smallest absolute Gasteiger partial charge is 0.243 e. The van der Waals surface area contributed by atoms with Crippen molar-refractivity contribution in [2.75, 3.05) is 13.1 Å². The molecule has 0 unspecified atom stereocenters. The number of carbonyl (C=O) groups excluding carboxylic acids is 1. The SMILES string of the molecule is O=C(NCc1ccc(Cl)cc1)[C@@H]1CCCN(S(=O)(=O)c2ccc3ccccc3c2)C1. The molecule has 156 valence electrons. The fourth-order valence-corrected chi connectivity index (χ4v) is 5.47. The Balaban J connectivity index is 1.45. The number of nitrogens with zero attached hydrogens (tertiary/aromatic N) is 1. The minimum atomic E-state index is -3.65. The highest BCUT2D eigenvalue weighted by atomic mass is 35.5. The van der Waals surface area contributed by atoms with Gasteiger partial charge in [-0.2, -0.15) is 4.31 Å². The summed E-state index contributed by atoms with van der Waals surface area (Å²) in [5.74, 6) is -0.482. The summed E-state index contributed by atoms with van der Waals surface area (Å²) in [4.78, 5) is 12.9. The van der Waals surface area contributed by atoms with Crippen molar-refractivity contribution in [3.05, 3.63) is 77.3 Å². The van der Waals surface area contributed by atoms with Crippen molar-refractivity contribution in [1.29, 1.82) is 0 Å². The maximum absolute atomic E-state index is 13.2. The maximum Gasteiger partial charge on any atom is 0.243 e. The molecule has 0 spiro atoms. The molecule has 1 heterocycles. The van der Waals surface area contributed by atoms with Crippen LogP contribution in [-0.4, -0.2) is 31.7 Å². The van der Waals surface area contributed by atoms with Crippen LogP contribution in [-0.2, 0) is 21.4 Å². The first kappa shape index (κ1) is 20.8. The summed E-state index contributed by atoms with van der Waals surface area (Å²) < 4.78 is 27.8. The summed E-state index contributed by atoms with van der Waals surface area (Å²) in [6.07, 6.45) is 1.34. The molecule has 0 saturated carbocycles. The molecule has 3 aromatic carbocycles. The highest BCUT2D eigenvalue weighted by Crippen LogP contribution is 2.26. The van der Waals surface area contributed by atoms with Crippen molar-refractivity contribution < 1.29 is 13.2 Å². The molecule has 4 rings (SSSR count). The van der Waals surface area contributed by atoms with E-state index in [1.54, 1.807) is 24.3 Å². The summed E-state index contributed by atoms with van der Waals surface area (Å²) in [5, 5.41) is 5.44. The van der Waals surface area contributed by atoms with Gasteiger partial charge < -0.3 is 5.32 Å². The molecule has 1 amide bonds. The van der Waals surface area contributed by atoms with Crippen LogP contribution in [0.2, 0.25) is 5.02 Å². The van der Waals surface area contributed by atoms with Gasteiger partial charge in [-0.15, -0.1) is 0 Å². The van der Waals surface area contributed by atoms with E-state index in [9.17, 15) is 13.2 Å². The van der Waals surface area contributed by atoms with Gasteiger partial charge in [-0.25, -0.2) is 8.42 Å². The third-order valence-electron chi connectivity index (χ3n) is 5.49. The van der Waals surface area contributed by atoms with Crippen LogP contribution in [0, 0.1) is 5.92 Å². The van der Waals surface area contributed by atoms with Crippen LogP contribution < -0.4 is 5.32 Å². The van der Waals surface area contributed by atoms with Gasteiger partial charge in [0.1, 0.15) is 0 Å². The largest absolute Gasteiger partial charge is 0.352 e. The minimum Gasteiger partial charge on any atom is -0.352 e. The Labute approximate surface area is 181 Å². The number of halogens is 1. The van der Waals surface area contributed by atoms with E-state index in [-0.39, 0.29) is 23.3 Å². The summed E-state index contributed by atoms with van der Waals surface area (Å²) in [7, 11) is -3.65. The van der Waals surface area contributed by atoms with Gasteiger partial charge in [0.15, 0.2) is 0 Å². The molecule has 1 atom stereocenters. The lowest BCUT2D eigenvalue weighted by Gasteiger charge is -2.31. The molecule has 1 fully saturated rings. The van der Waals surface area contributed by atoms with Crippen LogP contribution >= 0.6 is 11.6 Å². The van der Waals surface area contributed by atoms with E-state index in [0.717, 1.165) is 16.3 Å². The zero-order chi connectivity index (χ0) is 21.1. The molecule has 30 heavy (non-hydrogen) atoms. The number of amides is 1. The summed E-state index contributed by atoms with van der Waals surface area (Å²) in [5.41, 5.74) is 0.948. The molecule has 1 saturated heterocycles. The molecule has 0 bridgehead atoms. The first-order valence-corrected chi connectivity index (χ1v) is 11.8. The second-order valence-corrected chi connectivity index (χ2v) is 9.93. The number of benzene rings is 3. The van der Waals surface area contributed by atoms with E-state index in [1.165, 1.54) is 4.31 Å². The Morgan fingerprint density at radius 3 is 2.53 bits per heavy atom. The van der Waals surface area contributed by atoms with E-state index < -0.39 is 10.0 Å². The molecule has 1 N–H and O–H groups in total. The lowest BCUT2D eigenvalue weighted by Crippen LogP contribution is -2.45. The number of hydrogen-bond donors (Lipinski definition) is 1. The zero-order valence-corrected chi connectivity index (χ0v) is 18.0. The predicted molar refractivity (Wildman–Crippen MR) is 119 cm³/mol. The summed E-state index contributed by atoms with van der Waals surface area (Å²) in [6.45, 7) is 1.02. The van der Waals surface area contributed by atoms with Crippen molar-refractivity contribution in [3.63, 3.8) is 0 Å². The van der Waals surface area contributed by atoms with Crippen LogP contribution in [0.1, 0.15) is 18.4 Å². The Morgan fingerprint density at radius 1 is 1.03 bits per heavy atom. The number of fused-ring (bicyclic) bond motifs is 1. The van der Waals surface area contributed by atoms with Crippen molar-refractivity contribution >= 4 is 38.3 Å². The Hall–Kier alpha value is -2.41. The van der Waals surface area contributed by atoms with E-state index in [1.807, 2.05) is 42.5 Å². The van der Waals surface area contributed by atoms with Crippen LogP contribution in [0.3, 0.4) is 0 Å². The average Bonchev–Trinajstić information content (AvgIpc) is 2.78.